The van der Waals surface area contributed by atoms with Gasteiger partial charge in [-0.25, -0.2) is 0 Å². The normalized spacial score (nSPS) is 28.0. The summed E-state index contributed by atoms with van der Waals surface area (Å²) in [5.74, 6) is 1.06. The van der Waals surface area contributed by atoms with Crippen LogP contribution in [-0.2, 0) is 4.79 Å². The Balaban J connectivity index is 0.00000144. The lowest BCUT2D eigenvalue weighted by molar-refractivity contribution is -0.139. The van der Waals surface area contributed by atoms with Crippen molar-refractivity contribution in [2.75, 3.05) is 39.8 Å². The molecule has 0 radical (unpaired) electrons. The van der Waals surface area contributed by atoms with Crippen LogP contribution in [0.3, 0.4) is 0 Å². The molecule has 100 valence electrons. The Labute approximate surface area is 110 Å². The second-order valence-corrected chi connectivity index (χ2v) is 5.12. The predicted octanol–water partition coefficient (Wildman–Crippen LogP) is 0.570. The van der Waals surface area contributed by atoms with E-state index < -0.39 is 0 Å². The number of carbonyl (C=O) groups is 1. The quantitative estimate of drug-likeness (QED) is 0.790. The Bertz CT molecular complexity index is 256. The number of piperidine rings is 1. The molecule has 0 bridgehead atoms. The maximum atomic E-state index is 11.8. The molecule has 0 aliphatic carbocycles. The highest BCUT2D eigenvalue weighted by molar-refractivity contribution is 5.85. The lowest BCUT2D eigenvalue weighted by atomic mass is 9.96. The van der Waals surface area contributed by atoms with E-state index in [9.17, 15) is 4.79 Å². The zero-order valence-electron chi connectivity index (χ0n) is 10.8. The first kappa shape index (κ1) is 14.7. The molecule has 0 aromatic carbocycles. The fraction of sp³-hybridized carbons (Fsp3) is 0.917. The third-order valence-corrected chi connectivity index (χ3v) is 3.96. The summed E-state index contributed by atoms with van der Waals surface area (Å²) in [6.07, 6.45) is 2.51. The van der Waals surface area contributed by atoms with Crippen LogP contribution < -0.4 is 5.32 Å². The van der Waals surface area contributed by atoms with Gasteiger partial charge in [0.1, 0.15) is 0 Å². The van der Waals surface area contributed by atoms with Crippen molar-refractivity contribution in [1.29, 1.82) is 0 Å². The summed E-state index contributed by atoms with van der Waals surface area (Å²) in [5.41, 5.74) is 0. The summed E-state index contributed by atoms with van der Waals surface area (Å²) >= 11 is 0. The number of piperazine rings is 1. The molecule has 2 saturated heterocycles. The summed E-state index contributed by atoms with van der Waals surface area (Å²) in [6.45, 7) is 7.34. The maximum absolute atomic E-state index is 11.8. The van der Waals surface area contributed by atoms with Gasteiger partial charge in [-0.2, -0.15) is 0 Å². The second-order valence-electron chi connectivity index (χ2n) is 5.12. The molecule has 1 unspecified atom stereocenters. The third kappa shape index (κ3) is 3.57. The molecule has 0 aromatic heterocycles. The monoisotopic (exact) mass is 261 g/mol. The van der Waals surface area contributed by atoms with Gasteiger partial charge in [-0.15, -0.1) is 12.4 Å². The third-order valence-electron chi connectivity index (χ3n) is 3.96. The number of nitrogens with zero attached hydrogens (tertiary/aromatic N) is 2. The van der Waals surface area contributed by atoms with Crippen LogP contribution in [0.4, 0.5) is 0 Å². The van der Waals surface area contributed by atoms with Crippen LogP contribution in [0.2, 0.25) is 0 Å². The van der Waals surface area contributed by atoms with E-state index in [2.05, 4.69) is 10.2 Å². The molecule has 0 spiro atoms. The highest BCUT2D eigenvalue weighted by Crippen LogP contribution is 2.17. The molecule has 2 fully saturated rings. The first-order valence-corrected chi connectivity index (χ1v) is 6.38. The molecule has 5 heteroatoms. The van der Waals surface area contributed by atoms with Crippen LogP contribution in [0.1, 0.15) is 19.8 Å². The molecule has 1 N–H and O–H groups in total. The molecule has 2 aliphatic rings. The Morgan fingerprint density at radius 2 is 1.94 bits per heavy atom. The van der Waals surface area contributed by atoms with Crippen molar-refractivity contribution in [2.24, 2.45) is 5.92 Å². The van der Waals surface area contributed by atoms with Crippen LogP contribution in [0.25, 0.3) is 0 Å². The van der Waals surface area contributed by atoms with E-state index in [0.29, 0.717) is 0 Å². The minimum atomic E-state index is 0. The number of nitrogens with one attached hydrogen (secondary N) is 1. The van der Waals surface area contributed by atoms with Gasteiger partial charge in [0.15, 0.2) is 0 Å². The molecule has 17 heavy (non-hydrogen) atoms. The molecule has 1 atom stereocenters. The molecule has 0 saturated carbocycles. The van der Waals surface area contributed by atoms with E-state index in [-0.39, 0.29) is 24.4 Å². The van der Waals surface area contributed by atoms with E-state index in [1.54, 1.807) is 0 Å². The van der Waals surface area contributed by atoms with Gasteiger partial charge in [-0.05, 0) is 38.8 Å². The van der Waals surface area contributed by atoms with Gasteiger partial charge in [0, 0.05) is 26.7 Å². The molecular formula is C12H24ClN3O. The molecule has 0 aromatic rings. The smallest absolute Gasteiger partial charge is 0.239 e. The van der Waals surface area contributed by atoms with Gasteiger partial charge in [-0.1, -0.05) is 0 Å². The Hall–Kier alpha value is -0.320. The molecule has 2 heterocycles. The Morgan fingerprint density at radius 3 is 2.59 bits per heavy atom. The van der Waals surface area contributed by atoms with Crippen LogP contribution in [-0.4, -0.2) is 61.5 Å². The van der Waals surface area contributed by atoms with Gasteiger partial charge < -0.3 is 10.2 Å². The van der Waals surface area contributed by atoms with Gasteiger partial charge in [0.2, 0.25) is 5.91 Å². The van der Waals surface area contributed by atoms with Crippen molar-refractivity contribution < 1.29 is 4.79 Å². The van der Waals surface area contributed by atoms with Crippen LogP contribution in [0, 0.1) is 5.92 Å². The van der Waals surface area contributed by atoms with E-state index in [0.717, 1.165) is 38.6 Å². The van der Waals surface area contributed by atoms with Gasteiger partial charge >= 0.3 is 0 Å². The number of halogens is 1. The average Bonchev–Trinajstić information content (AvgIpc) is 2.31. The summed E-state index contributed by atoms with van der Waals surface area (Å²) in [4.78, 5) is 16.1. The topological polar surface area (TPSA) is 35.6 Å². The Kier molecular flexibility index (Phi) is 5.70. The molecule has 2 rings (SSSR count). The standard InChI is InChI=1S/C12H23N3O.ClH/c1-10-12(16)14(2)7-8-15(10)9-11-3-5-13-6-4-11;/h10-11,13H,3-9H2,1-2H3;1H. The predicted molar refractivity (Wildman–Crippen MR) is 71.5 cm³/mol. The first-order chi connectivity index (χ1) is 7.68. The summed E-state index contributed by atoms with van der Waals surface area (Å²) < 4.78 is 0. The largest absolute Gasteiger partial charge is 0.343 e. The zero-order chi connectivity index (χ0) is 11.5. The second kappa shape index (κ2) is 6.57. The highest BCUT2D eigenvalue weighted by Gasteiger charge is 2.30. The molecule has 1 amide bonds. The van der Waals surface area contributed by atoms with Gasteiger partial charge in [-0.3, -0.25) is 9.69 Å². The minimum absolute atomic E-state index is 0. The fourth-order valence-electron chi connectivity index (χ4n) is 2.70. The number of amides is 1. The van der Waals surface area contributed by atoms with Crippen LogP contribution in [0.5, 0.6) is 0 Å². The van der Waals surface area contributed by atoms with E-state index >= 15 is 0 Å². The first-order valence-electron chi connectivity index (χ1n) is 6.38. The zero-order valence-corrected chi connectivity index (χ0v) is 11.6. The van der Waals surface area contributed by atoms with Crippen molar-refractivity contribution in [3.63, 3.8) is 0 Å². The summed E-state index contributed by atoms with van der Waals surface area (Å²) in [5, 5.41) is 3.39. The van der Waals surface area contributed by atoms with Crippen molar-refractivity contribution >= 4 is 18.3 Å². The van der Waals surface area contributed by atoms with Crippen LogP contribution in [0.15, 0.2) is 0 Å². The number of hydrogen-bond acceptors (Lipinski definition) is 3. The van der Waals surface area contributed by atoms with Gasteiger partial charge in [0.25, 0.3) is 0 Å². The lowest BCUT2D eigenvalue weighted by Gasteiger charge is -2.39. The minimum Gasteiger partial charge on any atom is -0.343 e. The van der Waals surface area contributed by atoms with Crippen molar-refractivity contribution in [2.45, 2.75) is 25.8 Å². The average molecular weight is 262 g/mol. The van der Waals surface area contributed by atoms with Crippen molar-refractivity contribution in [3.8, 4) is 0 Å². The SMILES string of the molecule is CC1C(=O)N(C)CCN1CC1CCNCC1.Cl. The number of likely N-dealkylation sites (N-methyl/N-ethyl adjacent to an activating group) is 1. The molecular weight excluding hydrogens is 238 g/mol. The van der Waals surface area contributed by atoms with E-state index in [4.69, 9.17) is 0 Å². The summed E-state index contributed by atoms with van der Waals surface area (Å²) in [7, 11) is 1.90. The van der Waals surface area contributed by atoms with E-state index in [1.807, 2.05) is 18.9 Å². The number of rotatable bonds is 2. The highest BCUT2D eigenvalue weighted by atomic mass is 35.5. The van der Waals surface area contributed by atoms with Gasteiger partial charge in [0.05, 0.1) is 6.04 Å². The van der Waals surface area contributed by atoms with Crippen LogP contribution >= 0.6 is 12.4 Å². The Morgan fingerprint density at radius 1 is 1.29 bits per heavy atom. The fourth-order valence-corrected chi connectivity index (χ4v) is 2.70. The van der Waals surface area contributed by atoms with Crippen molar-refractivity contribution in [1.82, 2.24) is 15.1 Å². The molecule has 4 nitrogen and oxygen atoms in total. The van der Waals surface area contributed by atoms with E-state index in [1.165, 1.54) is 12.8 Å². The lowest BCUT2D eigenvalue weighted by Crippen LogP contribution is -2.55. The summed E-state index contributed by atoms with van der Waals surface area (Å²) in [6, 6.07) is 0.0774. The molecule has 2 aliphatic heterocycles. The van der Waals surface area contributed by atoms with Crippen molar-refractivity contribution in [3.05, 3.63) is 0 Å². The maximum Gasteiger partial charge on any atom is 0.239 e. The number of hydrogen-bond donors (Lipinski definition) is 1. The number of carbonyl (C=O) groups excluding carboxylic acids is 1.